The predicted octanol–water partition coefficient (Wildman–Crippen LogP) is 5.23. The van der Waals surface area contributed by atoms with Gasteiger partial charge >= 0.3 is 0 Å². The standard InChI is InChI=1S/C20H29N3/c1-2-3-4-8-14-18(22-17-12-9-13-17)20-21-15-19(23-20)16-10-6-5-7-11-16/h5-7,10-11,15,17-18,22H,2-4,8-9,12-14H2,1H3,(H,21,23)/t18-/m1/s1. The van der Waals surface area contributed by atoms with Crippen molar-refractivity contribution in [3.05, 3.63) is 42.4 Å². The molecule has 3 heteroatoms. The molecule has 3 nitrogen and oxygen atoms in total. The molecule has 3 rings (SSSR count). The van der Waals surface area contributed by atoms with Crippen molar-refractivity contribution in [3.63, 3.8) is 0 Å². The second kappa shape index (κ2) is 8.30. The van der Waals surface area contributed by atoms with Gasteiger partial charge in [-0.1, -0.05) is 69.4 Å². The van der Waals surface area contributed by atoms with Crippen molar-refractivity contribution in [2.45, 2.75) is 70.4 Å². The molecule has 23 heavy (non-hydrogen) atoms. The van der Waals surface area contributed by atoms with Gasteiger partial charge in [-0.25, -0.2) is 4.98 Å². The van der Waals surface area contributed by atoms with Gasteiger partial charge in [0.15, 0.2) is 0 Å². The van der Waals surface area contributed by atoms with E-state index in [1.54, 1.807) is 0 Å². The molecule has 1 aliphatic carbocycles. The van der Waals surface area contributed by atoms with Crippen LogP contribution in [0, 0.1) is 0 Å². The van der Waals surface area contributed by atoms with Crippen LogP contribution in [0.5, 0.6) is 0 Å². The van der Waals surface area contributed by atoms with Gasteiger partial charge in [0.2, 0.25) is 0 Å². The maximum atomic E-state index is 4.87. The van der Waals surface area contributed by atoms with Crippen LogP contribution in [-0.4, -0.2) is 16.0 Å². The normalized spacial score (nSPS) is 16.2. The number of aromatic amines is 1. The molecule has 0 bridgehead atoms. The number of unbranched alkanes of at least 4 members (excludes halogenated alkanes) is 3. The number of nitrogens with zero attached hydrogens (tertiary/aromatic N) is 1. The summed E-state index contributed by atoms with van der Waals surface area (Å²) in [7, 11) is 0. The highest BCUT2D eigenvalue weighted by Crippen LogP contribution is 2.26. The fourth-order valence-electron chi connectivity index (χ4n) is 3.21. The Labute approximate surface area is 139 Å². The summed E-state index contributed by atoms with van der Waals surface area (Å²) < 4.78 is 0. The molecule has 124 valence electrons. The molecule has 0 aliphatic heterocycles. The average Bonchev–Trinajstić information content (AvgIpc) is 3.03. The third kappa shape index (κ3) is 4.44. The van der Waals surface area contributed by atoms with Gasteiger partial charge in [-0.05, 0) is 19.3 Å². The van der Waals surface area contributed by atoms with Gasteiger partial charge in [-0.15, -0.1) is 0 Å². The lowest BCUT2D eigenvalue weighted by Crippen LogP contribution is -2.38. The van der Waals surface area contributed by atoms with Crippen LogP contribution in [0.15, 0.2) is 36.5 Å². The summed E-state index contributed by atoms with van der Waals surface area (Å²) >= 11 is 0. The lowest BCUT2D eigenvalue weighted by atomic mass is 9.91. The summed E-state index contributed by atoms with van der Waals surface area (Å²) in [6, 6.07) is 11.5. The van der Waals surface area contributed by atoms with Crippen LogP contribution < -0.4 is 5.32 Å². The number of benzene rings is 1. The van der Waals surface area contributed by atoms with E-state index in [4.69, 9.17) is 4.98 Å². The first-order valence-corrected chi connectivity index (χ1v) is 9.23. The van der Waals surface area contributed by atoms with E-state index in [0.29, 0.717) is 12.1 Å². The highest BCUT2D eigenvalue weighted by atomic mass is 15.0. The Hall–Kier alpha value is -1.61. The molecule has 0 saturated heterocycles. The zero-order chi connectivity index (χ0) is 15.9. The minimum atomic E-state index is 0.370. The maximum absolute atomic E-state index is 4.87. The Kier molecular flexibility index (Phi) is 5.87. The van der Waals surface area contributed by atoms with E-state index < -0.39 is 0 Å². The molecule has 0 amide bonds. The van der Waals surface area contributed by atoms with Crippen molar-refractivity contribution in [3.8, 4) is 11.3 Å². The summed E-state index contributed by atoms with van der Waals surface area (Å²) in [5.74, 6) is 1.10. The van der Waals surface area contributed by atoms with Crippen LogP contribution in [0.1, 0.15) is 70.2 Å². The molecule has 0 spiro atoms. The predicted molar refractivity (Wildman–Crippen MR) is 96.3 cm³/mol. The molecule has 0 unspecified atom stereocenters. The van der Waals surface area contributed by atoms with E-state index in [9.17, 15) is 0 Å². The van der Waals surface area contributed by atoms with Gasteiger partial charge in [-0.3, -0.25) is 0 Å². The van der Waals surface area contributed by atoms with Crippen molar-refractivity contribution < 1.29 is 0 Å². The van der Waals surface area contributed by atoms with E-state index in [1.807, 2.05) is 12.3 Å². The van der Waals surface area contributed by atoms with Gasteiger partial charge in [0.05, 0.1) is 11.7 Å². The lowest BCUT2D eigenvalue weighted by Gasteiger charge is -2.31. The van der Waals surface area contributed by atoms with Crippen molar-refractivity contribution in [2.75, 3.05) is 0 Å². The smallest absolute Gasteiger partial charge is 0.124 e. The molecule has 1 fully saturated rings. The molecule has 1 aromatic heterocycles. The number of hydrogen-bond donors (Lipinski definition) is 2. The van der Waals surface area contributed by atoms with Crippen LogP contribution in [0.4, 0.5) is 0 Å². The van der Waals surface area contributed by atoms with Crippen molar-refractivity contribution >= 4 is 0 Å². The summed E-state index contributed by atoms with van der Waals surface area (Å²) in [5.41, 5.74) is 2.23. The Morgan fingerprint density at radius 1 is 1.17 bits per heavy atom. The second-order valence-corrected chi connectivity index (χ2v) is 6.73. The van der Waals surface area contributed by atoms with Crippen LogP contribution in [0.25, 0.3) is 11.3 Å². The maximum Gasteiger partial charge on any atom is 0.124 e. The highest BCUT2D eigenvalue weighted by molar-refractivity contribution is 5.58. The largest absolute Gasteiger partial charge is 0.347 e. The van der Waals surface area contributed by atoms with E-state index in [2.05, 4.69) is 41.5 Å². The lowest BCUT2D eigenvalue weighted by molar-refractivity contribution is 0.289. The van der Waals surface area contributed by atoms with Crippen LogP contribution in [0.3, 0.4) is 0 Å². The molecule has 1 saturated carbocycles. The fraction of sp³-hybridized carbons (Fsp3) is 0.550. The van der Waals surface area contributed by atoms with Crippen molar-refractivity contribution in [2.24, 2.45) is 0 Å². The summed E-state index contributed by atoms with van der Waals surface area (Å²) in [6.45, 7) is 2.27. The molecule has 2 aromatic rings. The van der Waals surface area contributed by atoms with E-state index in [1.165, 1.54) is 56.9 Å². The highest BCUT2D eigenvalue weighted by Gasteiger charge is 2.23. The topological polar surface area (TPSA) is 40.7 Å². The van der Waals surface area contributed by atoms with Gasteiger partial charge in [0.25, 0.3) is 0 Å². The van der Waals surface area contributed by atoms with Gasteiger partial charge in [-0.2, -0.15) is 0 Å². The Balaban J connectivity index is 1.66. The minimum Gasteiger partial charge on any atom is -0.347 e. The van der Waals surface area contributed by atoms with E-state index in [-0.39, 0.29) is 0 Å². The van der Waals surface area contributed by atoms with E-state index >= 15 is 0 Å². The molecule has 1 aliphatic rings. The Morgan fingerprint density at radius 2 is 2.00 bits per heavy atom. The third-order valence-corrected chi connectivity index (χ3v) is 4.89. The summed E-state index contributed by atoms with van der Waals surface area (Å²) in [6.07, 6.45) is 12.5. The van der Waals surface area contributed by atoms with E-state index in [0.717, 1.165) is 11.5 Å². The molecule has 2 N–H and O–H groups in total. The van der Waals surface area contributed by atoms with Gasteiger partial charge in [0.1, 0.15) is 5.82 Å². The van der Waals surface area contributed by atoms with Gasteiger partial charge < -0.3 is 10.3 Å². The van der Waals surface area contributed by atoms with Crippen LogP contribution in [-0.2, 0) is 0 Å². The quantitative estimate of drug-likeness (QED) is 0.622. The first-order chi connectivity index (χ1) is 11.4. The Morgan fingerprint density at radius 3 is 2.70 bits per heavy atom. The molecule has 1 heterocycles. The zero-order valence-electron chi connectivity index (χ0n) is 14.2. The first kappa shape index (κ1) is 16.3. The Bertz CT molecular complexity index is 572. The first-order valence-electron chi connectivity index (χ1n) is 9.23. The fourth-order valence-corrected chi connectivity index (χ4v) is 3.21. The number of hydrogen-bond acceptors (Lipinski definition) is 2. The monoisotopic (exact) mass is 311 g/mol. The molecule has 0 radical (unpaired) electrons. The number of nitrogens with one attached hydrogen (secondary N) is 2. The molecular weight excluding hydrogens is 282 g/mol. The third-order valence-electron chi connectivity index (χ3n) is 4.89. The number of H-pyrrole nitrogens is 1. The number of imidazole rings is 1. The summed E-state index contributed by atoms with van der Waals surface area (Å²) in [4.78, 5) is 8.30. The van der Waals surface area contributed by atoms with Crippen LogP contribution >= 0.6 is 0 Å². The summed E-state index contributed by atoms with van der Waals surface area (Å²) in [5, 5.41) is 3.82. The average molecular weight is 311 g/mol. The van der Waals surface area contributed by atoms with Crippen molar-refractivity contribution in [1.82, 2.24) is 15.3 Å². The van der Waals surface area contributed by atoms with Gasteiger partial charge in [0, 0.05) is 17.8 Å². The second-order valence-electron chi connectivity index (χ2n) is 6.73. The number of rotatable bonds is 9. The minimum absolute atomic E-state index is 0.370. The van der Waals surface area contributed by atoms with Crippen LogP contribution in [0.2, 0.25) is 0 Å². The SMILES string of the molecule is CCCCCC[C@@H](NC1CCC1)c1nc(-c2ccccc2)c[nH]1. The zero-order valence-corrected chi connectivity index (χ0v) is 14.2. The molecular formula is C20H29N3. The molecule has 1 atom stereocenters. The molecule has 1 aromatic carbocycles. The number of aromatic nitrogens is 2. The van der Waals surface area contributed by atoms with Crippen molar-refractivity contribution in [1.29, 1.82) is 0 Å².